The number of hydrogen-bond acceptors (Lipinski definition) is 5. The molecule has 4 heterocycles. The van der Waals surface area contributed by atoms with Gasteiger partial charge in [-0.2, -0.15) is 0 Å². The molecular formula is C19H16ClFN6O. The van der Waals surface area contributed by atoms with Crippen molar-refractivity contribution >= 4 is 29.1 Å². The van der Waals surface area contributed by atoms with Crippen LogP contribution < -0.4 is 10.6 Å². The van der Waals surface area contributed by atoms with Crippen molar-refractivity contribution in [3.05, 3.63) is 51.9 Å². The minimum atomic E-state index is -0.486. The van der Waals surface area contributed by atoms with Gasteiger partial charge in [-0.25, -0.2) is 19.3 Å². The van der Waals surface area contributed by atoms with Crippen LogP contribution in [0.4, 0.5) is 16.0 Å². The Balaban J connectivity index is 1.64. The lowest BCUT2D eigenvalue weighted by molar-refractivity contribution is 0.0940. The molecule has 0 bridgehead atoms. The molecule has 0 radical (unpaired) electrons. The Kier molecular flexibility index (Phi) is 3.83. The highest BCUT2D eigenvalue weighted by molar-refractivity contribution is 6.28. The fourth-order valence-corrected chi connectivity index (χ4v) is 4.09. The number of aromatic nitrogens is 4. The first-order chi connectivity index (χ1) is 13.5. The number of aromatic amines is 1. The lowest BCUT2D eigenvalue weighted by atomic mass is 9.87. The zero-order valence-corrected chi connectivity index (χ0v) is 15.7. The van der Waals surface area contributed by atoms with E-state index in [0.717, 1.165) is 16.8 Å². The van der Waals surface area contributed by atoms with E-state index in [4.69, 9.17) is 11.6 Å². The van der Waals surface area contributed by atoms with E-state index < -0.39 is 5.82 Å². The highest BCUT2D eigenvalue weighted by Crippen LogP contribution is 2.41. The zero-order valence-electron chi connectivity index (χ0n) is 14.9. The van der Waals surface area contributed by atoms with Gasteiger partial charge in [0.25, 0.3) is 5.91 Å². The molecule has 28 heavy (non-hydrogen) atoms. The van der Waals surface area contributed by atoms with Gasteiger partial charge in [0.2, 0.25) is 5.28 Å². The molecule has 7 nitrogen and oxygen atoms in total. The Hall–Kier alpha value is -3.00. The predicted octanol–water partition coefficient (Wildman–Crippen LogP) is 3.35. The van der Waals surface area contributed by atoms with Gasteiger partial charge in [0.1, 0.15) is 5.82 Å². The van der Waals surface area contributed by atoms with Crippen LogP contribution in [0.25, 0.3) is 11.3 Å². The molecule has 1 amide bonds. The molecule has 142 valence electrons. The van der Waals surface area contributed by atoms with Crippen molar-refractivity contribution in [3.63, 3.8) is 0 Å². The van der Waals surface area contributed by atoms with Gasteiger partial charge in [-0.05, 0) is 41.6 Å². The number of hydrogen-bond donors (Lipinski definition) is 3. The summed E-state index contributed by atoms with van der Waals surface area (Å²) < 4.78 is 15.5. The van der Waals surface area contributed by atoms with E-state index in [-0.39, 0.29) is 22.9 Å². The second kappa shape index (κ2) is 6.27. The number of fused-ring (bicyclic) bond motifs is 5. The van der Waals surface area contributed by atoms with Crippen LogP contribution in [0.1, 0.15) is 40.0 Å². The SMILES string of the molecule is C[C@H]1CNC(=O)c2c1[nH]c1c2CCc2cnc(Nc3ccnc(Cl)n3)c(F)c2-1. The third-order valence-corrected chi connectivity index (χ3v) is 5.47. The Labute approximate surface area is 164 Å². The summed E-state index contributed by atoms with van der Waals surface area (Å²) in [5, 5.41) is 5.82. The summed E-state index contributed by atoms with van der Waals surface area (Å²) in [6.07, 6.45) is 4.43. The van der Waals surface area contributed by atoms with E-state index in [1.165, 1.54) is 6.20 Å². The Bertz CT molecular complexity index is 1130. The molecule has 3 aromatic rings. The molecular weight excluding hydrogens is 383 g/mol. The highest BCUT2D eigenvalue weighted by atomic mass is 35.5. The van der Waals surface area contributed by atoms with Crippen LogP contribution in [0.3, 0.4) is 0 Å². The number of nitrogens with one attached hydrogen (secondary N) is 3. The molecule has 3 aromatic heterocycles. The second-order valence-electron chi connectivity index (χ2n) is 7.04. The number of H-pyrrole nitrogens is 1. The molecule has 0 spiro atoms. The van der Waals surface area contributed by atoms with Gasteiger partial charge >= 0.3 is 0 Å². The first-order valence-electron chi connectivity index (χ1n) is 8.99. The molecule has 2 aliphatic rings. The van der Waals surface area contributed by atoms with E-state index in [1.54, 1.807) is 12.3 Å². The number of halogens is 2. The van der Waals surface area contributed by atoms with Crippen LogP contribution in [0, 0.1) is 5.82 Å². The topological polar surface area (TPSA) is 95.6 Å². The summed E-state index contributed by atoms with van der Waals surface area (Å²) in [5.74, 6) is -0.0441. The van der Waals surface area contributed by atoms with Crippen LogP contribution >= 0.6 is 11.6 Å². The third kappa shape index (κ3) is 2.56. The van der Waals surface area contributed by atoms with Gasteiger partial charge in [-0.1, -0.05) is 6.92 Å². The average molecular weight is 399 g/mol. The number of amides is 1. The number of nitrogens with zero attached hydrogens (tertiary/aromatic N) is 3. The summed E-state index contributed by atoms with van der Waals surface area (Å²) >= 11 is 5.80. The van der Waals surface area contributed by atoms with Crippen molar-refractivity contribution in [1.29, 1.82) is 0 Å². The lowest BCUT2D eigenvalue weighted by Crippen LogP contribution is -2.34. The largest absolute Gasteiger partial charge is 0.357 e. The zero-order chi connectivity index (χ0) is 19.4. The van der Waals surface area contributed by atoms with Gasteiger partial charge in [0.15, 0.2) is 11.6 Å². The molecule has 0 saturated carbocycles. The van der Waals surface area contributed by atoms with Crippen LogP contribution in [-0.2, 0) is 12.8 Å². The highest BCUT2D eigenvalue weighted by Gasteiger charge is 2.34. The molecule has 0 aromatic carbocycles. The minimum Gasteiger partial charge on any atom is -0.357 e. The van der Waals surface area contributed by atoms with E-state index in [0.29, 0.717) is 42.0 Å². The summed E-state index contributed by atoms with van der Waals surface area (Å²) in [4.78, 5) is 27.8. The van der Waals surface area contributed by atoms with Crippen LogP contribution in [0.5, 0.6) is 0 Å². The molecule has 1 aliphatic heterocycles. The molecule has 5 rings (SSSR count). The standard InChI is InChI=1S/C19H16ClFN6O/c1-8-6-24-18(28)13-10-3-2-9-7-23-17(25-11-4-5-22-19(20)26-11)14(21)12(9)16(10)27-15(8)13/h4-5,7-8,27H,2-3,6H2,1H3,(H,24,28)(H,22,23,25,26)/t8-/m0/s1. The fraction of sp³-hybridized carbons (Fsp3) is 0.263. The van der Waals surface area contributed by atoms with Gasteiger partial charge < -0.3 is 15.6 Å². The van der Waals surface area contributed by atoms with Crippen molar-refractivity contribution < 1.29 is 9.18 Å². The summed E-state index contributed by atoms with van der Waals surface area (Å²) in [7, 11) is 0. The third-order valence-electron chi connectivity index (χ3n) is 5.29. The van der Waals surface area contributed by atoms with Gasteiger partial charge in [0.05, 0.1) is 11.3 Å². The summed E-state index contributed by atoms with van der Waals surface area (Å²) in [6, 6.07) is 1.58. The van der Waals surface area contributed by atoms with Crippen molar-refractivity contribution in [1.82, 2.24) is 25.3 Å². The number of rotatable bonds is 2. The monoisotopic (exact) mass is 398 g/mol. The Morgan fingerprint density at radius 1 is 1.29 bits per heavy atom. The number of carbonyl (C=O) groups is 1. The van der Waals surface area contributed by atoms with E-state index in [2.05, 4.69) is 30.6 Å². The maximum Gasteiger partial charge on any atom is 0.253 e. The number of carbonyl (C=O) groups excluding carboxylic acids is 1. The first kappa shape index (κ1) is 17.1. The van der Waals surface area contributed by atoms with Crippen molar-refractivity contribution in [2.75, 3.05) is 11.9 Å². The summed E-state index contributed by atoms with van der Waals surface area (Å²) in [5.41, 5.74) is 4.32. The van der Waals surface area contributed by atoms with Gasteiger partial charge in [0, 0.05) is 36.1 Å². The Morgan fingerprint density at radius 3 is 2.96 bits per heavy atom. The van der Waals surface area contributed by atoms with E-state index >= 15 is 4.39 Å². The molecule has 0 fully saturated rings. The molecule has 0 unspecified atom stereocenters. The maximum absolute atomic E-state index is 15.5. The average Bonchev–Trinajstić information content (AvgIpc) is 3.08. The van der Waals surface area contributed by atoms with Gasteiger partial charge in [-0.15, -0.1) is 0 Å². The van der Waals surface area contributed by atoms with Gasteiger partial charge in [-0.3, -0.25) is 4.79 Å². The fourth-order valence-electron chi connectivity index (χ4n) is 3.94. The normalized spacial score (nSPS) is 17.4. The molecule has 1 aliphatic carbocycles. The van der Waals surface area contributed by atoms with E-state index in [1.807, 2.05) is 6.92 Å². The van der Waals surface area contributed by atoms with Crippen molar-refractivity contribution in [2.24, 2.45) is 0 Å². The first-order valence-corrected chi connectivity index (χ1v) is 9.37. The number of pyridine rings is 1. The molecule has 1 atom stereocenters. The molecule has 3 N–H and O–H groups in total. The quantitative estimate of drug-likeness (QED) is 0.575. The predicted molar refractivity (Wildman–Crippen MR) is 102 cm³/mol. The van der Waals surface area contributed by atoms with Crippen LogP contribution in [0.2, 0.25) is 5.28 Å². The minimum absolute atomic E-state index is 0.0476. The summed E-state index contributed by atoms with van der Waals surface area (Å²) in [6.45, 7) is 2.61. The lowest BCUT2D eigenvalue weighted by Gasteiger charge is -2.21. The number of aryl methyl sites for hydroxylation is 1. The van der Waals surface area contributed by atoms with E-state index in [9.17, 15) is 4.79 Å². The maximum atomic E-state index is 15.5. The second-order valence-corrected chi connectivity index (χ2v) is 7.37. The Morgan fingerprint density at radius 2 is 2.14 bits per heavy atom. The van der Waals surface area contributed by atoms with Crippen LogP contribution in [0.15, 0.2) is 18.5 Å². The van der Waals surface area contributed by atoms with Crippen molar-refractivity contribution in [3.8, 4) is 11.3 Å². The molecule has 9 heteroatoms. The smallest absolute Gasteiger partial charge is 0.253 e. The molecule has 0 saturated heterocycles. The number of anilines is 2. The van der Waals surface area contributed by atoms with Crippen LogP contribution in [-0.4, -0.2) is 32.4 Å². The van der Waals surface area contributed by atoms with Crippen molar-refractivity contribution in [2.45, 2.75) is 25.7 Å².